The van der Waals surface area contributed by atoms with Crippen LogP contribution in [0, 0.1) is 0 Å². The molecule has 1 unspecified atom stereocenters. The van der Waals surface area contributed by atoms with E-state index in [4.69, 9.17) is 14.2 Å². The Labute approximate surface area is 137 Å². The second-order valence-corrected chi connectivity index (χ2v) is 5.69. The number of hydrogen-bond donors (Lipinski definition) is 1. The Morgan fingerprint density at radius 2 is 1.91 bits per heavy atom. The van der Waals surface area contributed by atoms with E-state index in [1.807, 2.05) is 17.0 Å². The number of carbonyl (C=O) groups excluding carboxylic acids is 1. The Balaban J connectivity index is 2.09. The molecule has 1 aliphatic heterocycles. The number of amides is 2. The summed E-state index contributed by atoms with van der Waals surface area (Å²) in [7, 11) is 4.73. The third-order valence-corrected chi connectivity index (χ3v) is 4.28. The van der Waals surface area contributed by atoms with Crippen molar-refractivity contribution in [1.82, 2.24) is 10.2 Å². The highest BCUT2D eigenvalue weighted by Crippen LogP contribution is 2.39. The van der Waals surface area contributed by atoms with Crippen molar-refractivity contribution in [2.24, 2.45) is 0 Å². The van der Waals surface area contributed by atoms with Gasteiger partial charge >= 0.3 is 6.03 Å². The fourth-order valence-electron chi connectivity index (χ4n) is 2.97. The van der Waals surface area contributed by atoms with E-state index in [1.165, 1.54) is 6.42 Å². The molecule has 1 atom stereocenters. The number of hydrogen-bond acceptors (Lipinski definition) is 4. The molecule has 1 N–H and O–H groups in total. The molecule has 6 nitrogen and oxygen atoms in total. The van der Waals surface area contributed by atoms with Crippen molar-refractivity contribution in [2.75, 3.05) is 27.9 Å². The smallest absolute Gasteiger partial charge is 0.317 e. The number of carbonyl (C=O) groups is 1. The summed E-state index contributed by atoms with van der Waals surface area (Å²) < 4.78 is 16.1. The van der Waals surface area contributed by atoms with Gasteiger partial charge in [0.1, 0.15) is 0 Å². The molecule has 2 amide bonds. The van der Waals surface area contributed by atoms with Crippen LogP contribution < -0.4 is 19.5 Å². The molecule has 0 radical (unpaired) electrons. The van der Waals surface area contributed by atoms with E-state index in [-0.39, 0.29) is 12.1 Å². The van der Waals surface area contributed by atoms with Crippen molar-refractivity contribution < 1.29 is 19.0 Å². The van der Waals surface area contributed by atoms with Crippen LogP contribution in [0.2, 0.25) is 0 Å². The van der Waals surface area contributed by atoms with Crippen molar-refractivity contribution in [2.45, 2.75) is 38.8 Å². The van der Waals surface area contributed by atoms with Gasteiger partial charge in [-0.3, -0.25) is 0 Å². The number of likely N-dealkylation sites (tertiary alicyclic amines) is 1. The normalized spacial score (nSPS) is 17.6. The molecule has 0 aliphatic carbocycles. The van der Waals surface area contributed by atoms with E-state index in [0.29, 0.717) is 23.8 Å². The lowest BCUT2D eigenvalue weighted by molar-refractivity contribution is 0.157. The predicted molar refractivity (Wildman–Crippen MR) is 88.4 cm³/mol. The van der Waals surface area contributed by atoms with E-state index >= 15 is 0 Å². The molecule has 2 rings (SSSR count). The lowest BCUT2D eigenvalue weighted by Gasteiger charge is -2.33. The number of ether oxygens (including phenoxy) is 3. The van der Waals surface area contributed by atoms with Crippen LogP contribution in [0.15, 0.2) is 12.1 Å². The Morgan fingerprint density at radius 1 is 1.17 bits per heavy atom. The molecular formula is C17H26N2O4. The van der Waals surface area contributed by atoms with Gasteiger partial charge in [0.05, 0.1) is 21.3 Å². The molecule has 1 heterocycles. The van der Waals surface area contributed by atoms with Crippen molar-refractivity contribution in [3.8, 4) is 17.2 Å². The van der Waals surface area contributed by atoms with Crippen LogP contribution in [0.5, 0.6) is 17.2 Å². The topological polar surface area (TPSA) is 60.0 Å². The first-order valence-corrected chi connectivity index (χ1v) is 7.94. The number of nitrogens with one attached hydrogen (secondary N) is 1. The number of piperidine rings is 1. The van der Waals surface area contributed by atoms with Crippen LogP contribution in [0.1, 0.15) is 31.7 Å². The van der Waals surface area contributed by atoms with Crippen LogP contribution in [0.3, 0.4) is 0 Å². The Bertz CT molecular complexity index is 548. The summed E-state index contributed by atoms with van der Waals surface area (Å²) in [5.41, 5.74) is 0.850. The minimum absolute atomic E-state index is 0.0333. The first kappa shape index (κ1) is 17.2. The number of nitrogens with zero attached hydrogens (tertiary/aromatic N) is 1. The van der Waals surface area contributed by atoms with Gasteiger partial charge in [0.25, 0.3) is 0 Å². The van der Waals surface area contributed by atoms with Crippen molar-refractivity contribution in [3.05, 3.63) is 17.7 Å². The average Bonchev–Trinajstić information content (AvgIpc) is 2.58. The third-order valence-electron chi connectivity index (χ3n) is 4.28. The molecule has 0 saturated carbocycles. The van der Waals surface area contributed by atoms with Crippen LogP contribution >= 0.6 is 0 Å². The second-order valence-electron chi connectivity index (χ2n) is 5.69. The first-order valence-electron chi connectivity index (χ1n) is 7.94. The van der Waals surface area contributed by atoms with E-state index in [9.17, 15) is 4.79 Å². The highest BCUT2D eigenvalue weighted by Gasteiger charge is 2.23. The van der Waals surface area contributed by atoms with Gasteiger partial charge in [0, 0.05) is 24.7 Å². The number of urea groups is 1. The zero-order chi connectivity index (χ0) is 16.8. The lowest BCUT2D eigenvalue weighted by Crippen LogP contribution is -2.47. The standard InChI is InChI=1S/C17H26N2O4/c1-12-7-5-6-10-19(12)17(20)18-11-13-8-9-14(21-2)16(23-4)15(13)22-3/h8-9,12H,5-7,10-11H2,1-4H3,(H,18,20). The summed E-state index contributed by atoms with van der Waals surface area (Å²) in [6, 6.07) is 3.94. The number of methoxy groups -OCH3 is 3. The van der Waals surface area contributed by atoms with Crippen LogP contribution in [-0.4, -0.2) is 44.8 Å². The summed E-state index contributed by atoms with van der Waals surface area (Å²) >= 11 is 0. The van der Waals surface area contributed by atoms with E-state index < -0.39 is 0 Å². The molecule has 0 bridgehead atoms. The van der Waals surface area contributed by atoms with E-state index in [0.717, 1.165) is 24.9 Å². The van der Waals surface area contributed by atoms with Gasteiger partial charge in [0.15, 0.2) is 11.5 Å². The summed E-state index contributed by atoms with van der Waals surface area (Å²) in [5, 5.41) is 2.97. The Kier molecular flexibility index (Phi) is 5.96. The quantitative estimate of drug-likeness (QED) is 0.905. The minimum Gasteiger partial charge on any atom is -0.493 e. The molecule has 1 aromatic rings. The summed E-state index contributed by atoms with van der Waals surface area (Å²) in [6.07, 6.45) is 3.32. The fraction of sp³-hybridized carbons (Fsp3) is 0.588. The van der Waals surface area contributed by atoms with Crippen LogP contribution in [-0.2, 0) is 6.54 Å². The van der Waals surface area contributed by atoms with Gasteiger partial charge in [-0.05, 0) is 38.3 Å². The molecule has 128 valence electrons. The SMILES string of the molecule is COc1ccc(CNC(=O)N2CCCCC2C)c(OC)c1OC. The number of benzene rings is 1. The van der Waals surface area contributed by atoms with Gasteiger partial charge in [-0.15, -0.1) is 0 Å². The molecule has 6 heteroatoms. The minimum atomic E-state index is -0.0333. The molecular weight excluding hydrogens is 296 g/mol. The molecule has 1 fully saturated rings. The maximum Gasteiger partial charge on any atom is 0.317 e. The Morgan fingerprint density at radius 3 is 2.52 bits per heavy atom. The highest BCUT2D eigenvalue weighted by atomic mass is 16.5. The van der Waals surface area contributed by atoms with Crippen molar-refractivity contribution >= 4 is 6.03 Å². The highest BCUT2D eigenvalue weighted by molar-refractivity contribution is 5.74. The summed E-state index contributed by atoms with van der Waals surface area (Å²) in [4.78, 5) is 14.3. The third kappa shape index (κ3) is 3.81. The second kappa shape index (κ2) is 7.94. The molecule has 1 aliphatic rings. The van der Waals surface area contributed by atoms with Gasteiger partial charge < -0.3 is 24.4 Å². The monoisotopic (exact) mass is 322 g/mol. The van der Waals surface area contributed by atoms with Gasteiger partial charge in [-0.2, -0.15) is 0 Å². The molecule has 0 spiro atoms. The Hall–Kier alpha value is -2.11. The van der Waals surface area contributed by atoms with Gasteiger partial charge in [-0.25, -0.2) is 4.79 Å². The number of rotatable bonds is 5. The van der Waals surface area contributed by atoms with E-state index in [1.54, 1.807) is 21.3 Å². The van der Waals surface area contributed by atoms with Gasteiger partial charge in [0.2, 0.25) is 5.75 Å². The zero-order valence-corrected chi connectivity index (χ0v) is 14.3. The molecule has 1 saturated heterocycles. The maximum absolute atomic E-state index is 12.4. The summed E-state index contributed by atoms with van der Waals surface area (Å²) in [6.45, 7) is 3.29. The maximum atomic E-state index is 12.4. The summed E-state index contributed by atoms with van der Waals surface area (Å²) in [5.74, 6) is 1.72. The van der Waals surface area contributed by atoms with Crippen molar-refractivity contribution in [3.63, 3.8) is 0 Å². The van der Waals surface area contributed by atoms with Crippen LogP contribution in [0.4, 0.5) is 4.79 Å². The molecule has 1 aromatic carbocycles. The van der Waals surface area contributed by atoms with E-state index in [2.05, 4.69) is 12.2 Å². The van der Waals surface area contributed by atoms with Crippen molar-refractivity contribution in [1.29, 1.82) is 0 Å². The first-order chi connectivity index (χ1) is 11.1. The van der Waals surface area contributed by atoms with Gasteiger partial charge in [-0.1, -0.05) is 0 Å². The zero-order valence-electron chi connectivity index (χ0n) is 14.3. The van der Waals surface area contributed by atoms with Crippen LogP contribution in [0.25, 0.3) is 0 Å². The average molecular weight is 322 g/mol. The predicted octanol–water partition coefficient (Wildman–Crippen LogP) is 2.80. The fourth-order valence-corrected chi connectivity index (χ4v) is 2.97. The molecule has 0 aromatic heterocycles. The molecule has 23 heavy (non-hydrogen) atoms. The largest absolute Gasteiger partial charge is 0.493 e. The lowest BCUT2D eigenvalue weighted by atomic mass is 10.0.